The van der Waals surface area contributed by atoms with Gasteiger partial charge in [0.25, 0.3) is 5.92 Å². The van der Waals surface area contributed by atoms with Crippen LogP contribution in [0.5, 0.6) is 0 Å². The second-order valence-electron chi connectivity index (χ2n) is 2.33. The molecule has 0 aliphatic carbocycles. The molecule has 0 saturated heterocycles. The summed E-state index contributed by atoms with van der Waals surface area (Å²) in [5, 5.41) is 0. The molecule has 0 spiro atoms. The van der Waals surface area contributed by atoms with E-state index in [1.54, 1.807) is 0 Å². The van der Waals surface area contributed by atoms with Crippen LogP contribution in [-0.4, -0.2) is 24.9 Å². The number of rotatable bonds is 5. The second kappa shape index (κ2) is 4.42. The van der Waals surface area contributed by atoms with Crippen LogP contribution < -0.4 is 0 Å². The molecule has 12 heavy (non-hydrogen) atoms. The number of hydrogen-bond acceptors (Lipinski definition) is 0. The first kappa shape index (κ1) is 11.4. The lowest BCUT2D eigenvalue weighted by Gasteiger charge is -2.17. The molecule has 0 aliphatic heterocycles. The van der Waals surface area contributed by atoms with Crippen molar-refractivity contribution in [2.75, 3.05) is 6.67 Å². The monoisotopic (exact) mass is 188 g/mol. The Morgan fingerprint density at radius 1 is 1.33 bits per heavy atom. The molecule has 0 aromatic heterocycles. The van der Waals surface area contributed by atoms with Gasteiger partial charge < -0.3 is 0 Å². The third-order valence-corrected chi connectivity index (χ3v) is 1.32. The average Bonchev–Trinajstić information content (AvgIpc) is 2.04. The standard InChI is InChI=1S/C7H9F5/c1-2-7(11,12)6(10)3-5(9)4-8/h2,5-6H,1,3-4H2. The molecule has 5 heteroatoms. The van der Waals surface area contributed by atoms with E-state index >= 15 is 0 Å². The summed E-state index contributed by atoms with van der Waals surface area (Å²) in [6.07, 6.45) is -5.94. The number of hydrogen-bond donors (Lipinski definition) is 0. The predicted molar refractivity (Wildman–Crippen MR) is 35.5 cm³/mol. The van der Waals surface area contributed by atoms with Crippen LogP contribution in [0, 0.1) is 0 Å². The molecule has 0 fully saturated rings. The maximum Gasteiger partial charge on any atom is 0.296 e. The Balaban J connectivity index is 4.02. The molecule has 72 valence electrons. The van der Waals surface area contributed by atoms with Crippen LogP contribution in [0.4, 0.5) is 22.0 Å². The molecule has 0 rings (SSSR count). The van der Waals surface area contributed by atoms with Crippen molar-refractivity contribution in [3.8, 4) is 0 Å². The largest absolute Gasteiger partial charge is 0.296 e. The topological polar surface area (TPSA) is 0 Å². The van der Waals surface area contributed by atoms with Gasteiger partial charge in [0.2, 0.25) is 0 Å². The minimum Gasteiger partial charge on any atom is -0.248 e. The van der Waals surface area contributed by atoms with Gasteiger partial charge >= 0.3 is 0 Å². The third kappa shape index (κ3) is 3.19. The first-order valence-corrected chi connectivity index (χ1v) is 3.29. The Kier molecular flexibility index (Phi) is 4.20. The van der Waals surface area contributed by atoms with Crippen LogP contribution in [0.1, 0.15) is 6.42 Å². The molecule has 0 heterocycles. The Morgan fingerprint density at radius 3 is 2.17 bits per heavy atom. The molecule has 2 atom stereocenters. The van der Waals surface area contributed by atoms with Gasteiger partial charge in [0.15, 0.2) is 6.17 Å². The maximum atomic E-state index is 12.4. The maximum absolute atomic E-state index is 12.4. The Labute approximate surface area is 67.1 Å². The summed E-state index contributed by atoms with van der Waals surface area (Å²) in [7, 11) is 0. The van der Waals surface area contributed by atoms with E-state index in [4.69, 9.17) is 0 Å². The van der Waals surface area contributed by atoms with Crippen LogP contribution in [0.25, 0.3) is 0 Å². The highest BCUT2D eigenvalue weighted by Crippen LogP contribution is 2.26. The summed E-state index contributed by atoms with van der Waals surface area (Å²) in [6, 6.07) is 0. The molecule has 0 nitrogen and oxygen atoms in total. The number of allylic oxidation sites excluding steroid dienone is 1. The van der Waals surface area contributed by atoms with Crippen molar-refractivity contribution in [3.63, 3.8) is 0 Å². The summed E-state index contributed by atoms with van der Waals surface area (Å²) in [5.74, 6) is -3.78. The summed E-state index contributed by atoms with van der Waals surface area (Å²) in [5.41, 5.74) is 0. The average molecular weight is 188 g/mol. The van der Waals surface area contributed by atoms with E-state index in [-0.39, 0.29) is 6.08 Å². The lowest BCUT2D eigenvalue weighted by molar-refractivity contribution is -0.0402. The lowest BCUT2D eigenvalue weighted by Crippen LogP contribution is -2.30. The number of alkyl halides is 5. The fraction of sp³-hybridized carbons (Fsp3) is 0.714. The van der Waals surface area contributed by atoms with Crippen molar-refractivity contribution in [1.82, 2.24) is 0 Å². The molecule has 0 aromatic carbocycles. The van der Waals surface area contributed by atoms with Crippen molar-refractivity contribution in [2.24, 2.45) is 0 Å². The molecule has 0 aromatic rings. The Hall–Kier alpha value is -0.610. The fourth-order valence-corrected chi connectivity index (χ4v) is 0.573. The lowest BCUT2D eigenvalue weighted by atomic mass is 10.1. The van der Waals surface area contributed by atoms with Gasteiger partial charge in [-0.3, -0.25) is 0 Å². The van der Waals surface area contributed by atoms with E-state index in [1.807, 2.05) is 0 Å². The van der Waals surface area contributed by atoms with Crippen LogP contribution >= 0.6 is 0 Å². The zero-order valence-corrected chi connectivity index (χ0v) is 6.24. The minimum atomic E-state index is -3.78. The first-order chi connectivity index (χ1) is 5.44. The van der Waals surface area contributed by atoms with Gasteiger partial charge in [-0.2, -0.15) is 8.78 Å². The van der Waals surface area contributed by atoms with Crippen LogP contribution in [0.3, 0.4) is 0 Å². The van der Waals surface area contributed by atoms with Crippen LogP contribution in [0.15, 0.2) is 12.7 Å². The van der Waals surface area contributed by atoms with Crippen molar-refractivity contribution < 1.29 is 22.0 Å². The van der Waals surface area contributed by atoms with E-state index in [0.717, 1.165) is 0 Å². The summed E-state index contributed by atoms with van der Waals surface area (Å²) in [6.45, 7) is 1.23. The van der Waals surface area contributed by atoms with E-state index in [2.05, 4.69) is 6.58 Å². The first-order valence-electron chi connectivity index (χ1n) is 3.29. The van der Waals surface area contributed by atoms with Crippen LogP contribution in [0.2, 0.25) is 0 Å². The van der Waals surface area contributed by atoms with Gasteiger partial charge in [-0.15, -0.1) is 0 Å². The van der Waals surface area contributed by atoms with Crippen molar-refractivity contribution in [1.29, 1.82) is 0 Å². The molecule has 0 N–H and O–H groups in total. The minimum absolute atomic E-state index is 0.0859. The fourth-order valence-electron chi connectivity index (χ4n) is 0.573. The molecule has 0 radical (unpaired) electrons. The van der Waals surface area contributed by atoms with Gasteiger partial charge in [0.05, 0.1) is 0 Å². The molecular formula is C7H9F5. The normalized spacial score (nSPS) is 17.1. The second-order valence-corrected chi connectivity index (χ2v) is 2.33. The SMILES string of the molecule is C=CC(F)(F)C(F)CC(F)CF. The Bertz CT molecular complexity index is 145. The summed E-state index contributed by atoms with van der Waals surface area (Å²) < 4.78 is 60.4. The van der Waals surface area contributed by atoms with Gasteiger partial charge in [-0.05, 0) is 6.08 Å². The quantitative estimate of drug-likeness (QED) is 0.459. The van der Waals surface area contributed by atoms with Gasteiger partial charge in [-0.1, -0.05) is 6.58 Å². The van der Waals surface area contributed by atoms with E-state index in [0.29, 0.717) is 0 Å². The molecule has 0 aliphatic rings. The molecule has 0 bridgehead atoms. The molecule has 0 amide bonds. The summed E-state index contributed by atoms with van der Waals surface area (Å²) in [4.78, 5) is 0. The number of halogens is 5. The Morgan fingerprint density at radius 2 is 1.83 bits per heavy atom. The highest BCUT2D eigenvalue weighted by atomic mass is 19.3. The van der Waals surface area contributed by atoms with E-state index in [9.17, 15) is 22.0 Å². The highest BCUT2D eigenvalue weighted by molar-refractivity contribution is 4.93. The van der Waals surface area contributed by atoms with Gasteiger partial charge in [-0.25, -0.2) is 13.2 Å². The molecular weight excluding hydrogens is 179 g/mol. The van der Waals surface area contributed by atoms with Gasteiger partial charge in [0.1, 0.15) is 12.8 Å². The van der Waals surface area contributed by atoms with Crippen molar-refractivity contribution in [2.45, 2.75) is 24.7 Å². The molecule has 0 saturated carbocycles. The predicted octanol–water partition coefficient (Wildman–Crippen LogP) is 2.84. The zero-order valence-electron chi connectivity index (χ0n) is 6.24. The molecule has 2 unspecified atom stereocenters. The third-order valence-electron chi connectivity index (χ3n) is 1.32. The van der Waals surface area contributed by atoms with Crippen LogP contribution in [-0.2, 0) is 0 Å². The van der Waals surface area contributed by atoms with E-state index < -0.39 is 31.4 Å². The summed E-state index contributed by atoms with van der Waals surface area (Å²) >= 11 is 0. The zero-order chi connectivity index (χ0) is 9.78. The van der Waals surface area contributed by atoms with E-state index in [1.165, 1.54) is 0 Å². The van der Waals surface area contributed by atoms with Crippen molar-refractivity contribution in [3.05, 3.63) is 12.7 Å². The van der Waals surface area contributed by atoms with Gasteiger partial charge in [0, 0.05) is 6.42 Å². The highest BCUT2D eigenvalue weighted by Gasteiger charge is 2.38. The van der Waals surface area contributed by atoms with Crippen molar-refractivity contribution >= 4 is 0 Å². The smallest absolute Gasteiger partial charge is 0.248 e.